The third-order valence-electron chi connectivity index (χ3n) is 1.72. The molecule has 0 aromatic heterocycles. The van der Waals surface area contributed by atoms with Crippen molar-refractivity contribution in [3.63, 3.8) is 0 Å². The normalized spacial score (nSPS) is 9.38. The van der Waals surface area contributed by atoms with E-state index in [0.717, 1.165) is 0 Å². The van der Waals surface area contributed by atoms with Gasteiger partial charge < -0.3 is 0 Å². The van der Waals surface area contributed by atoms with Gasteiger partial charge in [-0.15, -0.1) is 0 Å². The van der Waals surface area contributed by atoms with Crippen molar-refractivity contribution in [3.05, 3.63) is 33.8 Å². The molecule has 0 aliphatic carbocycles. The number of hydrogen-bond acceptors (Lipinski definition) is 2. The highest BCUT2D eigenvalue weighted by Crippen LogP contribution is 2.24. The first kappa shape index (κ1) is 10.0. The number of benzene rings is 1. The van der Waals surface area contributed by atoms with Crippen molar-refractivity contribution in [2.24, 2.45) is 0 Å². The molecule has 0 unspecified atom stereocenters. The first-order valence-corrected chi connectivity index (χ1v) is 4.22. The van der Waals surface area contributed by atoms with Crippen molar-refractivity contribution < 1.29 is 4.79 Å². The minimum absolute atomic E-state index is 0.236. The van der Waals surface area contributed by atoms with E-state index < -0.39 is 5.24 Å². The molecule has 0 spiro atoms. The smallest absolute Gasteiger partial charge is 0.253 e. The molecule has 66 valence electrons. The maximum absolute atomic E-state index is 10.8. The molecular formula is C9H5Cl2NO. The summed E-state index contributed by atoms with van der Waals surface area (Å²) in [6.45, 7) is 1.67. The van der Waals surface area contributed by atoms with Crippen LogP contribution in [0.15, 0.2) is 12.1 Å². The minimum Gasteiger partial charge on any atom is -0.276 e. The van der Waals surface area contributed by atoms with E-state index in [0.29, 0.717) is 11.1 Å². The molecule has 1 aromatic carbocycles. The Morgan fingerprint density at radius 1 is 1.54 bits per heavy atom. The summed E-state index contributed by atoms with van der Waals surface area (Å²) in [6, 6.07) is 4.94. The number of nitrogens with zero attached hydrogens (tertiary/aromatic N) is 1. The molecular weight excluding hydrogens is 209 g/mol. The van der Waals surface area contributed by atoms with Gasteiger partial charge in [0.25, 0.3) is 5.24 Å². The SMILES string of the molecule is Cc1c(C#N)ccc(C(=O)Cl)c1Cl. The predicted octanol–water partition coefficient (Wildman–Crippen LogP) is 2.90. The Morgan fingerprint density at radius 3 is 2.62 bits per heavy atom. The molecule has 0 bridgehead atoms. The van der Waals surface area contributed by atoms with Gasteiger partial charge >= 0.3 is 0 Å². The van der Waals surface area contributed by atoms with Crippen LogP contribution in [0, 0.1) is 18.3 Å². The lowest BCUT2D eigenvalue weighted by molar-refractivity contribution is 0.108. The monoisotopic (exact) mass is 213 g/mol. The number of hydrogen-bond donors (Lipinski definition) is 0. The lowest BCUT2D eigenvalue weighted by atomic mass is 10.1. The molecule has 0 N–H and O–H groups in total. The lowest BCUT2D eigenvalue weighted by Crippen LogP contribution is -1.94. The molecule has 0 saturated heterocycles. The van der Waals surface area contributed by atoms with Crippen molar-refractivity contribution >= 4 is 28.4 Å². The Kier molecular flexibility index (Phi) is 2.92. The molecule has 0 atom stereocenters. The topological polar surface area (TPSA) is 40.9 Å². The third-order valence-corrected chi connectivity index (χ3v) is 2.41. The minimum atomic E-state index is -0.613. The summed E-state index contributed by atoms with van der Waals surface area (Å²) in [5.41, 5.74) is 1.27. The third kappa shape index (κ3) is 1.82. The summed E-state index contributed by atoms with van der Waals surface area (Å²) in [6.07, 6.45) is 0. The van der Waals surface area contributed by atoms with Gasteiger partial charge in [0, 0.05) is 0 Å². The zero-order valence-corrected chi connectivity index (χ0v) is 8.28. The van der Waals surface area contributed by atoms with Crippen LogP contribution in [0.25, 0.3) is 0 Å². The number of nitriles is 1. The maximum atomic E-state index is 10.8. The van der Waals surface area contributed by atoms with E-state index in [1.54, 1.807) is 6.92 Å². The fraction of sp³-hybridized carbons (Fsp3) is 0.111. The van der Waals surface area contributed by atoms with Gasteiger partial charge in [0.15, 0.2) is 0 Å². The number of halogens is 2. The Hall–Kier alpha value is -1.04. The molecule has 0 saturated carbocycles. The van der Waals surface area contributed by atoms with E-state index in [9.17, 15) is 4.79 Å². The van der Waals surface area contributed by atoms with E-state index in [1.165, 1.54) is 12.1 Å². The van der Waals surface area contributed by atoms with Gasteiger partial charge in [-0.25, -0.2) is 0 Å². The molecule has 1 aromatic rings. The van der Waals surface area contributed by atoms with E-state index in [2.05, 4.69) is 0 Å². The fourth-order valence-electron chi connectivity index (χ4n) is 0.958. The Labute approximate surface area is 85.7 Å². The Balaban J connectivity index is 3.42. The van der Waals surface area contributed by atoms with Crippen LogP contribution in [-0.2, 0) is 0 Å². The molecule has 13 heavy (non-hydrogen) atoms. The quantitative estimate of drug-likeness (QED) is 0.674. The van der Waals surface area contributed by atoms with Crippen LogP contribution in [0.4, 0.5) is 0 Å². The second-order valence-corrected chi connectivity index (χ2v) is 3.21. The van der Waals surface area contributed by atoms with Gasteiger partial charge in [-0.05, 0) is 36.2 Å². The summed E-state index contributed by atoms with van der Waals surface area (Å²) in [5.74, 6) is 0. The van der Waals surface area contributed by atoms with Crippen LogP contribution in [0.1, 0.15) is 21.5 Å². The predicted molar refractivity (Wildman–Crippen MR) is 51.1 cm³/mol. The molecule has 2 nitrogen and oxygen atoms in total. The summed E-state index contributed by atoms with van der Waals surface area (Å²) in [4.78, 5) is 10.8. The molecule has 0 aliphatic heterocycles. The van der Waals surface area contributed by atoms with Gasteiger partial charge in [-0.1, -0.05) is 11.6 Å². The standard InChI is InChI=1S/C9H5Cl2NO/c1-5-6(4-12)2-3-7(8(5)10)9(11)13/h2-3H,1H3. The summed E-state index contributed by atoms with van der Waals surface area (Å²) < 4.78 is 0. The van der Waals surface area contributed by atoms with Crippen molar-refractivity contribution in [2.45, 2.75) is 6.92 Å². The average Bonchev–Trinajstić information content (AvgIpc) is 2.09. The molecule has 0 radical (unpaired) electrons. The highest BCUT2D eigenvalue weighted by atomic mass is 35.5. The van der Waals surface area contributed by atoms with Crippen molar-refractivity contribution in [2.75, 3.05) is 0 Å². The van der Waals surface area contributed by atoms with Gasteiger partial charge in [0.1, 0.15) is 0 Å². The van der Waals surface area contributed by atoms with Crippen molar-refractivity contribution in [3.8, 4) is 6.07 Å². The van der Waals surface area contributed by atoms with Crippen molar-refractivity contribution in [1.29, 1.82) is 5.26 Å². The van der Waals surface area contributed by atoms with E-state index in [1.807, 2.05) is 6.07 Å². The van der Waals surface area contributed by atoms with Crippen LogP contribution < -0.4 is 0 Å². The van der Waals surface area contributed by atoms with Crippen LogP contribution in [0.3, 0.4) is 0 Å². The van der Waals surface area contributed by atoms with Crippen LogP contribution in [0.5, 0.6) is 0 Å². The summed E-state index contributed by atoms with van der Waals surface area (Å²) >= 11 is 11.1. The second kappa shape index (κ2) is 3.78. The van der Waals surface area contributed by atoms with Gasteiger partial charge in [0.2, 0.25) is 0 Å². The molecule has 0 heterocycles. The molecule has 0 aliphatic rings. The highest BCUT2D eigenvalue weighted by Gasteiger charge is 2.11. The largest absolute Gasteiger partial charge is 0.276 e. The second-order valence-electron chi connectivity index (χ2n) is 2.49. The molecule has 0 fully saturated rings. The average molecular weight is 214 g/mol. The highest BCUT2D eigenvalue weighted by molar-refractivity contribution is 6.68. The van der Waals surface area contributed by atoms with Crippen LogP contribution in [-0.4, -0.2) is 5.24 Å². The van der Waals surface area contributed by atoms with Gasteiger partial charge in [0.05, 0.1) is 22.2 Å². The van der Waals surface area contributed by atoms with Crippen LogP contribution in [0.2, 0.25) is 5.02 Å². The number of carbonyl (C=O) groups excluding carboxylic acids is 1. The molecule has 1 rings (SSSR count). The summed E-state index contributed by atoms with van der Waals surface area (Å²) in [7, 11) is 0. The fourth-order valence-corrected chi connectivity index (χ4v) is 1.41. The number of rotatable bonds is 1. The lowest BCUT2D eigenvalue weighted by Gasteiger charge is -2.03. The zero-order valence-electron chi connectivity index (χ0n) is 6.77. The van der Waals surface area contributed by atoms with Gasteiger partial charge in [-0.3, -0.25) is 4.79 Å². The van der Waals surface area contributed by atoms with E-state index in [4.69, 9.17) is 28.5 Å². The van der Waals surface area contributed by atoms with Crippen molar-refractivity contribution in [1.82, 2.24) is 0 Å². The van der Waals surface area contributed by atoms with Crippen LogP contribution >= 0.6 is 23.2 Å². The summed E-state index contributed by atoms with van der Waals surface area (Å²) in [5, 5.41) is 8.28. The first-order valence-electron chi connectivity index (χ1n) is 3.47. The Bertz CT molecular complexity index is 407. The zero-order chi connectivity index (χ0) is 10.0. The molecule has 0 amide bonds. The van der Waals surface area contributed by atoms with Gasteiger partial charge in [-0.2, -0.15) is 5.26 Å². The Morgan fingerprint density at radius 2 is 2.15 bits per heavy atom. The molecule has 4 heteroatoms. The first-order chi connectivity index (χ1) is 6.07. The maximum Gasteiger partial charge on any atom is 0.253 e. The van der Waals surface area contributed by atoms with E-state index >= 15 is 0 Å². The number of carbonyl (C=O) groups is 1. The van der Waals surface area contributed by atoms with E-state index in [-0.39, 0.29) is 10.6 Å².